The fourth-order valence-electron chi connectivity index (χ4n) is 3.78. The summed E-state index contributed by atoms with van der Waals surface area (Å²) < 4.78 is 12.4. The second kappa shape index (κ2) is 9.64. The van der Waals surface area contributed by atoms with Crippen molar-refractivity contribution < 1.29 is 19.1 Å². The largest absolute Gasteiger partial charge is 0.494 e. The Morgan fingerprint density at radius 2 is 1.88 bits per heavy atom. The summed E-state index contributed by atoms with van der Waals surface area (Å²) in [5, 5.41) is 2.76. The number of carbonyl (C=O) groups is 2. The lowest BCUT2D eigenvalue weighted by molar-refractivity contribution is -0.116. The van der Waals surface area contributed by atoms with Gasteiger partial charge in [-0.2, -0.15) is 0 Å². The molecule has 178 valence electrons. The van der Waals surface area contributed by atoms with E-state index in [1.807, 2.05) is 6.92 Å². The van der Waals surface area contributed by atoms with E-state index in [0.29, 0.717) is 54.6 Å². The summed E-state index contributed by atoms with van der Waals surface area (Å²) in [7, 11) is 0. The molecule has 3 rings (SSSR count). The van der Waals surface area contributed by atoms with Gasteiger partial charge in [-0.15, -0.1) is 0 Å². The number of anilines is 1. The average Bonchev–Trinajstić information content (AvgIpc) is 2.72. The van der Waals surface area contributed by atoms with Gasteiger partial charge in [0.15, 0.2) is 0 Å². The number of ether oxygens (including phenoxy) is 2. The molecule has 0 saturated carbocycles. The lowest BCUT2D eigenvalue weighted by Gasteiger charge is -2.30. The van der Waals surface area contributed by atoms with Crippen LogP contribution >= 0.6 is 0 Å². The van der Waals surface area contributed by atoms with E-state index < -0.39 is 17.7 Å². The van der Waals surface area contributed by atoms with Crippen molar-refractivity contribution >= 4 is 17.8 Å². The van der Waals surface area contributed by atoms with Crippen LogP contribution in [-0.4, -0.2) is 40.3 Å². The zero-order valence-electron chi connectivity index (χ0n) is 20.1. The monoisotopic (exact) mass is 456 g/mol. The number of amides is 2. The first kappa shape index (κ1) is 24.3. The molecule has 1 N–H and O–H groups in total. The zero-order chi connectivity index (χ0) is 24.3. The minimum Gasteiger partial charge on any atom is -0.494 e. The molecule has 33 heavy (non-hydrogen) atoms. The molecule has 1 aliphatic rings. The van der Waals surface area contributed by atoms with Crippen molar-refractivity contribution in [1.82, 2.24) is 14.9 Å². The Kier molecular flexibility index (Phi) is 7.09. The molecule has 0 bridgehead atoms. The lowest BCUT2D eigenvalue weighted by Crippen LogP contribution is -2.42. The van der Waals surface area contributed by atoms with Crippen LogP contribution < -0.4 is 20.5 Å². The van der Waals surface area contributed by atoms with E-state index in [1.165, 1.54) is 16.4 Å². The Bertz CT molecular complexity index is 1090. The Morgan fingerprint density at radius 3 is 2.45 bits per heavy atom. The van der Waals surface area contributed by atoms with Crippen LogP contribution in [0.1, 0.15) is 65.4 Å². The van der Waals surface area contributed by atoms with Gasteiger partial charge in [0.1, 0.15) is 23.0 Å². The van der Waals surface area contributed by atoms with Crippen LogP contribution in [0.3, 0.4) is 0 Å². The molecule has 2 aromatic rings. The smallest absolute Gasteiger partial charge is 0.408 e. The quantitative estimate of drug-likeness (QED) is 0.739. The van der Waals surface area contributed by atoms with Gasteiger partial charge < -0.3 is 14.8 Å². The second-order valence-corrected chi connectivity index (χ2v) is 8.98. The fraction of sp³-hybridized carbons (Fsp3) is 0.500. The topological polar surface area (TPSA) is 103 Å². The predicted octanol–water partition coefficient (Wildman–Crippen LogP) is 3.52. The zero-order valence-corrected chi connectivity index (χ0v) is 20.1. The molecule has 1 unspecified atom stereocenters. The first-order valence-corrected chi connectivity index (χ1v) is 11.2. The normalized spacial score (nSPS) is 14.3. The lowest BCUT2D eigenvalue weighted by atomic mass is 10.1. The molecule has 0 aliphatic carbocycles. The molecule has 9 heteroatoms. The molecule has 2 amide bonds. The third-order valence-corrected chi connectivity index (χ3v) is 5.15. The van der Waals surface area contributed by atoms with E-state index in [1.54, 1.807) is 52.0 Å². The van der Waals surface area contributed by atoms with Gasteiger partial charge in [-0.3, -0.25) is 19.1 Å². The van der Waals surface area contributed by atoms with Crippen LogP contribution in [0.5, 0.6) is 5.75 Å². The summed E-state index contributed by atoms with van der Waals surface area (Å²) in [5.41, 5.74) is 0.140. The van der Waals surface area contributed by atoms with Crippen molar-refractivity contribution in [1.29, 1.82) is 0 Å². The third-order valence-electron chi connectivity index (χ3n) is 5.15. The van der Waals surface area contributed by atoms with Crippen LogP contribution in [0.15, 0.2) is 29.1 Å². The Hall–Kier alpha value is -3.36. The predicted molar refractivity (Wildman–Crippen MR) is 125 cm³/mol. The highest BCUT2D eigenvalue weighted by molar-refractivity contribution is 5.91. The maximum atomic E-state index is 13.6. The Morgan fingerprint density at radius 1 is 1.21 bits per heavy atom. The molecular weight excluding hydrogens is 424 g/mol. The van der Waals surface area contributed by atoms with Crippen molar-refractivity contribution in [2.75, 3.05) is 18.1 Å². The van der Waals surface area contributed by atoms with E-state index >= 15 is 0 Å². The number of rotatable bonds is 5. The molecule has 0 spiro atoms. The molecule has 9 nitrogen and oxygen atoms in total. The maximum absolute atomic E-state index is 13.6. The van der Waals surface area contributed by atoms with Crippen LogP contribution in [0.4, 0.5) is 10.6 Å². The second-order valence-electron chi connectivity index (χ2n) is 8.98. The SMILES string of the molecule is CCOc1ccc(-n2c(C(C)NC(=O)OC(C)(C)C)nc3c(c2=O)CCCN3C(C)=O)cc1. The van der Waals surface area contributed by atoms with Gasteiger partial charge in [0.25, 0.3) is 5.56 Å². The highest BCUT2D eigenvalue weighted by atomic mass is 16.6. The summed E-state index contributed by atoms with van der Waals surface area (Å²) in [6.07, 6.45) is 0.581. The summed E-state index contributed by atoms with van der Waals surface area (Å²) in [6.45, 7) is 11.4. The molecular formula is C24H32N4O5. The van der Waals surface area contributed by atoms with E-state index in [0.717, 1.165) is 0 Å². The average molecular weight is 457 g/mol. The minimum atomic E-state index is -0.673. The standard InChI is InChI=1S/C24H32N4O5/c1-7-32-18-12-10-17(11-13-18)28-20(15(2)25-23(31)33-24(4,5)6)26-21-19(22(28)30)9-8-14-27(21)16(3)29/h10-13,15H,7-9,14H2,1-6H3,(H,25,31). The van der Waals surface area contributed by atoms with E-state index in [-0.39, 0.29) is 11.5 Å². The molecule has 0 radical (unpaired) electrons. The highest BCUT2D eigenvalue weighted by Gasteiger charge is 2.29. The van der Waals surface area contributed by atoms with Crippen molar-refractivity contribution in [3.05, 3.63) is 46.0 Å². The van der Waals surface area contributed by atoms with Gasteiger partial charge in [-0.1, -0.05) is 0 Å². The molecule has 0 saturated heterocycles. The third kappa shape index (κ3) is 5.53. The first-order valence-electron chi connectivity index (χ1n) is 11.2. The Balaban J connectivity index is 2.13. The van der Waals surface area contributed by atoms with Gasteiger partial charge in [0.2, 0.25) is 5.91 Å². The van der Waals surface area contributed by atoms with Gasteiger partial charge in [0, 0.05) is 13.5 Å². The molecule has 1 aromatic carbocycles. The van der Waals surface area contributed by atoms with Gasteiger partial charge >= 0.3 is 6.09 Å². The fourth-order valence-corrected chi connectivity index (χ4v) is 3.78. The summed E-state index contributed by atoms with van der Waals surface area (Å²) in [6, 6.07) is 6.44. The number of hydrogen-bond donors (Lipinski definition) is 1. The Labute approximate surface area is 193 Å². The van der Waals surface area contributed by atoms with Crippen molar-refractivity contribution in [2.45, 2.75) is 66.0 Å². The number of aromatic nitrogens is 2. The molecule has 0 fully saturated rings. The van der Waals surface area contributed by atoms with Crippen LogP contribution in [0.2, 0.25) is 0 Å². The molecule has 1 atom stereocenters. The van der Waals surface area contributed by atoms with Crippen LogP contribution in [-0.2, 0) is 16.0 Å². The van der Waals surface area contributed by atoms with Crippen LogP contribution in [0.25, 0.3) is 5.69 Å². The number of carbonyl (C=O) groups excluding carboxylic acids is 2. The highest BCUT2D eigenvalue weighted by Crippen LogP contribution is 2.27. The number of nitrogens with one attached hydrogen (secondary N) is 1. The van der Waals surface area contributed by atoms with Crippen molar-refractivity contribution in [3.63, 3.8) is 0 Å². The summed E-state index contributed by atoms with van der Waals surface area (Å²) in [5.74, 6) is 1.17. The van der Waals surface area contributed by atoms with Gasteiger partial charge in [-0.05, 0) is 71.7 Å². The van der Waals surface area contributed by atoms with E-state index in [2.05, 4.69) is 5.32 Å². The molecule has 1 aromatic heterocycles. The summed E-state index contributed by atoms with van der Waals surface area (Å²) in [4.78, 5) is 44.5. The van der Waals surface area contributed by atoms with Crippen LogP contribution in [0, 0.1) is 0 Å². The maximum Gasteiger partial charge on any atom is 0.408 e. The van der Waals surface area contributed by atoms with E-state index in [4.69, 9.17) is 14.5 Å². The molecule has 2 heterocycles. The molecule has 1 aliphatic heterocycles. The van der Waals surface area contributed by atoms with E-state index in [9.17, 15) is 14.4 Å². The number of alkyl carbamates (subject to hydrolysis) is 1. The van der Waals surface area contributed by atoms with Gasteiger partial charge in [-0.25, -0.2) is 9.78 Å². The van der Waals surface area contributed by atoms with Crippen molar-refractivity contribution in [3.8, 4) is 11.4 Å². The minimum absolute atomic E-state index is 0.180. The number of fused-ring (bicyclic) bond motifs is 1. The first-order chi connectivity index (χ1) is 15.5. The van der Waals surface area contributed by atoms with Gasteiger partial charge in [0.05, 0.1) is 23.9 Å². The van der Waals surface area contributed by atoms with Crippen molar-refractivity contribution in [2.24, 2.45) is 0 Å². The number of hydrogen-bond acceptors (Lipinski definition) is 6. The summed E-state index contributed by atoms with van der Waals surface area (Å²) >= 11 is 0. The number of benzene rings is 1. The number of nitrogens with zero attached hydrogens (tertiary/aromatic N) is 3.